The number of hydrogen-bond donors (Lipinski definition) is 2. The summed E-state index contributed by atoms with van der Waals surface area (Å²) in [6, 6.07) is 7.81. The predicted molar refractivity (Wildman–Crippen MR) is 79.0 cm³/mol. The van der Waals surface area contributed by atoms with Crippen LogP contribution < -0.4 is 0 Å². The van der Waals surface area contributed by atoms with Crippen LogP contribution in [0.3, 0.4) is 0 Å². The maximum atomic E-state index is 12.9. The number of benzene rings is 1. The van der Waals surface area contributed by atoms with Crippen molar-refractivity contribution < 1.29 is 14.3 Å². The molecule has 3 rings (SSSR count). The number of hydrogen-bond acceptors (Lipinski definition) is 5. The molecule has 1 aromatic carbocycles. The molecule has 0 atom stereocenters. The Morgan fingerprint density at radius 1 is 1.30 bits per heavy atom. The van der Waals surface area contributed by atoms with Crippen LogP contribution >= 0.6 is 0 Å². The monoisotopic (exact) mass is 313 g/mol. The van der Waals surface area contributed by atoms with Crippen LogP contribution in [-0.4, -0.2) is 36.1 Å². The van der Waals surface area contributed by atoms with Gasteiger partial charge in [-0.25, -0.2) is 4.39 Å². The lowest BCUT2D eigenvalue weighted by molar-refractivity contribution is 0.103. The first kappa shape index (κ1) is 14.6. The zero-order chi connectivity index (χ0) is 16.2. The minimum atomic E-state index is -0.553. The SMILES string of the molecule is O=C(/C=C(/O)c1ccn(Cc2ccc(F)cc2)c1)c1nn[nH]n1. The Hall–Kier alpha value is -3.29. The lowest BCUT2D eigenvalue weighted by Crippen LogP contribution is -1.99. The lowest BCUT2D eigenvalue weighted by Gasteiger charge is -2.03. The Morgan fingerprint density at radius 3 is 2.78 bits per heavy atom. The third kappa shape index (κ3) is 3.49. The topological polar surface area (TPSA) is 96.7 Å². The normalized spacial score (nSPS) is 11.6. The first-order valence-electron chi connectivity index (χ1n) is 6.71. The third-order valence-corrected chi connectivity index (χ3v) is 3.16. The second-order valence-corrected chi connectivity index (χ2v) is 4.83. The number of H-pyrrole nitrogens is 1. The van der Waals surface area contributed by atoms with Crippen LogP contribution in [0.1, 0.15) is 21.7 Å². The molecule has 2 aromatic heterocycles. The molecular formula is C15H12FN5O2. The van der Waals surface area contributed by atoms with Gasteiger partial charge >= 0.3 is 0 Å². The summed E-state index contributed by atoms with van der Waals surface area (Å²) in [5.74, 6) is -1.16. The van der Waals surface area contributed by atoms with Crippen LogP contribution in [0.5, 0.6) is 0 Å². The van der Waals surface area contributed by atoms with E-state index in [4.69, 9.17) is 0 Å². The Labute approximate surface area is 130 Å². The van der Waals surface area contributed by atoms with E-state index < -0.39 is 5.78 Å². The van der Waals surface area contributed by atoms with Gasteiger partial charge in [-0.05, 0) is 29.0 Å². The van der Waals surface area contributed by atoms with Crippen molar-refractivity contribution >= 4 is 11.5 Å². The van der Waals surface area contributed by atoms with E-state index in [0.717, 1.165) is 11.6 Å². The summed E-state index contributed by atoms with van der Waals surface area (Å²) in [6.45, 7) is 0.520. The summed E-state index contributed by atoms with van der Waals surface area (Å²) in [5.41, 5.74) is 1.39. The molecule has 0 aliphatic heterocycles. The average Bonchev–Trinajstić information content (AvgIpc) is 3.21. The molecule has 0 unspecified atom stereocenters. The van der Waals surface area contributed by atoms with E-state index in [2.05, 4.69) is 20.6 Å². The van der Waals surface area contributed by atoms with Crippen LogP contribution in [0.15, 0.2) is 48.8 Å². The number of nitrogens with zero attached hydrogens (tertiary/aromatic N) is 4. The number of halogens is 1. The molecular weight excluding hydrogens is 301 g/mol. The summed E-state index contributed by atoms with van der Waals surface area (Å²) < 4.78 is 14.7. The number of carbonyl (C=O) groups is 1. The Kier molecular flexibility index (Phi) is 3.96. The van der Waals surface area contributed by atoms with Crippen molar-refractivity contribution in [3.05, 3.63) is 71.6 Å². The van der Waals surface area contributed by atoms with Crippen molar-refractivity contribution in [1.82, 2.24) is 25.2 Å². The third-order valence-electron chi connectivity index (χ3n) is 3.16. The predicted octanol–water partition coefficient (Wildman–Crippen LogP) is 1.97. The van der Waals surface area contributed by atoms with Crippen LogP contribution in [0.2, 0.25) is 0 Å². The van der Waals surface area contributed by atoms with E-state index in [-0.39, 0.29) is 17.4 Å². The summed E-state index contributed by atoms with van der Waals surface area (Å²) in [5, 5.41) is 22.5. The molecule has 0 amide bonds. The Bertz CT molecular complexity index is 837. The largest absolute Gasteiger partial charge is 0.507 e. The number of aliphatic hydroxyl groups excluding tert-OH is 1. The first-order chi connectivity index (χ1) is 11.1. The van der Waals surface area contributed by atoms with Crippen LogP contribution in [0.4, 0.5) is 4.39 Å². The number of aromatic amines is 1. The van der Waals surface area contributed by atoms with Gasteiger partial charge in [-0.15, -0.1) is 10.2 Å². The van der Waals surface area contributed by atoms with Gasteiger partial charge < -0.3 is 9.67 Å². The van der Waals surface area contributed by atoms with Crippen molar-refractivity contribution in [2.45, 2.75) is 6.54 Å². The molecule has 0 saturated carbocycles. The molecule has 0 spiro atoms. The fourth-order valence-corrected chi connectivity index (χ4v) is 2.03. The molecule has 8 heteroatoms. The first-order valence-corrected chi connectivity index (χ1v) is 6.71. The average molecular weight is 313 g/mol. The lowest BCUT2D eigenvalue weighted by atomic mass is 10.2. The number of tetrazole rings is 1. The highest BCUT2D eigenvalue weighted by Gasteiger charge is 2.11. The number of allylic oxidation sites excluding steroid dienone is 1. The van der Waals surface area contributed by atoms with Gasteiger partial charge in [0.2, 0.25) is 11.6 Å². The van der Waals surface area contributed by atoms with Crippen LogP contribution in [-0.2, 0) is 6.54 Å². The summed E-state index contributed by atoms with van der Waals surface area (Å²) in [4.78, 5) is 11.8. The number of aliphatic hydroxyl groups is 1. The van der Waals surface area contributed by atoms with Crippen LogP contribution in [0, 0.1) is 5.82 Å². The molecule has 0 bridgehead atoms. The number of rotatable bonds is 5. The number of aromatic nitrogens is 5. The highest BCUT2D eigenvalue weighted by molar-refractivity contribution is 6.05. The van der Waals surface area contributed by atoms with E-state index in [0.29, 0.717) is 12.1 Å². The van der Waals surface area contributed by atoms with Crippen molar-refractivity contribution in [2.24, 2.45) is 0 Å². The van der Waals surface area contributed by atoms with Gasteiger partial charge in [-0.1, -0.05) is 12.1 Å². The van der Waals surface area contributed by atoms with Crippen molar-refractivity contribution in [3.8, 4) is 0 Å². The number of ketones is 1. The molecule has 7 nitrogen and oxygen atoms in total. The van der Waals surface area contributed by atoms with Crippen molar-refractivity contribution in [1.29, 1.82) is 0 Å². The highest BCUT2D eigenvalue weighted by Crippen LogP contribution is 2.14. The zero-order valence-electron chi connectivity index (χ0n) is 11.8. The zero-order valence-corrected chi connectivity index (χ0v) is 11.8. The molecule has 0 fully saturated rings. The summed E-state index contributed by atoms with van der Waals surface area (Å²) in [6.07, 6.45) is 4.46. The maximum absolute atomic E-state index is 12.9. The van der Waals surface area contributed by atoms with Gasteiger partial charge in [-0.2, -0.15) is 5.21 Å². The molecule has 23 heavy (non-hydrogen) atoms. The number of carbonyl (C=O) groups excluding carboxylic acids is 1. The molecule has 3 aromatic rings. The van der Waals surface area contributed by atoms with Gasteiger partial charge in [0.15, 0.2) is 0 Å². The van der Waals surface area contributed by atoms with Gasteiger partial charge in [0, 0.05) is 30.6 Å². The van der Waals surface area contributed by atoms with E-state index in [1.807, 2.05) is 4.57 Å². The second kappa shape index (κ2) is 6.22. The van der Waals surface area contributed by atoms with E-state index >= 15 is 0 Å². The minimum Gasteiger partial charge on any atom is -0.507 e. The van der Waals surface area contributed by atoms with Gasteiger partial charge in [0.05, 0.1) is 0 Å². The molecule has 2 heterocycles. The molecule has 0 saturated heterocycles. The molecule has 116 valence electrons. The second-order valence-electron chi connectivity index (χ2n) is 4.83. The van der Waals surface area contributed by atoms with Crippen LogP contribution in [0.25, 0.3) is 5.76 Å². The summed E-state index contributed by atoms with van der Waals surface area (Å²) in [7, 11) is 0. The number of nitrogens with one attached hydrogen (secondary N) is 1. The maximum Gasteiger partial charge on any atom is 0.244 e. The minimum absolute atomic E-state index is 0.123. The van der Waals surface area contributed by atoms with E-state index in [1.54, 1.807) is 30.6 Å². The van der Waals surface area contributed by atoms with Gasteiger partial charge in [0.1, 0.15) is 11.6 Å². The molecule has 2 N–H and O–H groups in total. The van der Waals surface area contributed by atoms with Crippen molar-refractivity contribution in [3.63, 3.8) is 0 Å². The van der Waals surface area contributed by atoms with Gasteiger partial charge in [-0.3, -0.25) is 4.79 Å². The van der Waals surface area contributed by atoms with Crippen molar-refractivity contribution in [2.75, 3.05) is 0 Å². The van der Waals surface area contributed by atoms with E-state index in [1.165, 1.54) is 12.1 Å². The Morgan fingerprint density at radius 2 is 2.09 bits per heavy atom. The molecule has 0 aliphatic carbocycles. The van der Waals surface area contributed by atoms with Gasteiger partial charge in [0.25, 0.3) is 0 Å². The fourth-order valence-electron chi connectivity index (χ4n) is 2.03. The smallest absolute Gasteiger partial charge is 0.244 e. The van der Waals surface area contributed by atoms with E-state index in [9.17, 15) is 14.3 Å². The molecule has 0 radical (unpaired) electrons. The fraction of sp³-hybridized carbons (Fsp3) is 0.0667. The standard InChI is InChI=1S/C15H12FN5O2/c16-12-3-1-10(2-4-12)8-21-6-5-11(9-21)13(22)7-14(23)15-17-19-20-18-15/h1-7,9,22H,8H2,(H,17,18,19,20)/b13-7+. The highest BCUT2D eigenvalue weighted by atomic mass is 19.1. The Balaban J connectivity index is 1.73. The quantitative estimate of drug-likeness (QED) is 0.426. The molecule has 0 aliphatic rings. The summed E-state index contributed by atoms with van der Waals surface area (Å²) >= 11 is 0.